The van der Waals surface area contributed by atoms with Gasteiger partial charge >= 0.3 is 0 Å². The van der Waals surface area contributed by atoms with Crippen LogP contribution in [0.25, 0.3) is 11.3 Å². The minimum atomic E-state index is -1.33. The number of carbonyl (C=O) groups excluding carboxylic acids is 2. The number of carboxylic acids is 1. The number of nitrogens with one attached hydrogen (secondary N) is 1. The Morgan fingerprint density at radius 1 is 1.33 bits per heavy atom. The van der Waals surface area contributed by atoms with Crippen LogP contribution in [0.2, 0.25) is 5.02 Å². The predicted molar refractivity (Wildman–Crippen MR) is 87.4 cm³/mol. The van der Waals surface area contributed by atoms with Gasteiger partial charge in [0.25, 0.3) is 5.91 Å². The van der Waals surface area contributed by atoms with Crippen molar-refractivity contribution in [2.75, 3.05) is 0 Å². The number of amides is 1. The van der Waals surface area contributed by atoms with Gasteiger partial charge in [0.15, 0.2) is 0 Å². The standard InChI is InChI=1S/C17H19ClN2O4/c1-9(2)8-13(17(22)23)19-16(21)14-10(3)24-20-15(14)11-6-4-5-7-12(11)18/h4-7,9,13H,8H2,1-3H3,(H,19,21)(H,22,23)/p-1. The Morgan fingerprint density at radius 2 is 2.00 bits per heavy atom. The second-order valence-electron chi connectivity index (χ2n) is 5.92. The highest BCUT2D eigenvalue weighted by atomic mass is 35.5. The van der Waals surface area contributed by atoms with E-state index in [2.05, 4.69) is 10.5 Å². The Balaban J connectivity index is 2.35. The van der Waals surface area contributed by atoms with E-state index in [0.717, 1.165) is 0 Å². The zero-order valence-corrected chi connectivity index (χ0v) is 14.4. The summed E-state index contributed by atoms with van der Waals surface area (Å²) in [5.41, 5.74) is 0.977. The van der Waals surface area contributed by atoms with Crippen molar-refractivity contribution in [3.63, 3.8) is 0 Å². The molecule has 0 radical (unpaired) electrons. The number of aliphatic carboxylic acids is 1. The lowest BCUT2D eigenvalue weighted by Gasteiger charge is -2.21. The van der Waals surface area contributed by atoms with Crippen LogP contribution in [0.4, 0.5) is 0 Å². The Morgan fingerprint density at radius 3 is 2.58 bits per heavy atom. The van der Waals surface area contributed by atoms with E-state index in [0.29, 0.717) is 10.6 Å². The van der Waals surface area contributed by atoms with Gasteiger partial charge in [-0.25, -0.2) is 0 Å². The molecular weight excluding hydrogens is 332 g/mol. The smallest absolute Gasteiger partial charge is 0.257 e. The van der Waals surface area contributed by atoms with Gasteiger partial charge in [0.2, 0.25) is 0 Å². The first-order chi connectivity index (χ1) is 11.3. The van der Waals surface area contributed by atoms with E-state index in [1.54, 1.807) is 31.2 Å². The van der Waals surface area contributed by atoms with Crippen molar-refractivity contribution in [2.24, 2.45) is 5.92 Å². The monoisotopic (exact) mass is 349 g/mol. The van der Waals surface area contributed by atoms with E-state index >= 15 is 0 Å². The second kappa shape index (κ2) is 7.49. The van der Waals surface area contributed by atoms with E-state index in [-0.39, 0.29) is 29.4 Å². The van der Waals surface area contributed by atoms with Crippen LogP contribution in [0, 0.1) is 12.8 Å². The lowest BCUT2D eigenvalue weighted by atomic mass is 10.0. The van der Waals surface area contributed by atoms with E-state index in [1.807, 2.05) is 13.8 Å². The Bertz CT molecular complexity index is 755. The summed E-state index contributed by atoms with van der Waals surface area (Å²) in [5, 5.41) is 18.0. The molecule has 2 aromatic rings. The van der Waals surface area contributed by atoms with Crippen LogP contribution in [0.3, 0.4) is 0 Å². The molecule has 1 aromatic carbocycles. The van der Waals surface area contributed by atoms with Gasteiger partial charge in [-0.1, -0.05) is 48.8 Å². The van der Waals surface area contributed by atoms with Gasteiger partial charge in [0.1, 0.15) is 17.0 Å². The summed E-state index contributed by atoms with van der Waals surface area (Å²) >= 11 is 6.15. The second-order valence-corrected chi connectivity index (χ2v) is 6.32. The fourth-order valence-electron chi connectivity index (χ4n) is 2.39. The number of carboxylic acid groups (broad SMARTS) is 1. The molecule has 128 valence electrons. The summed E-state index contributed by atoms with van der Waals surface area (Å²) in [6.45, 7) is 5.31. The number of aryl methyl sites for hydroxylation is 1. The van der Waals surface area contributed by atoms with Crippen molar-refractivity contribution in [1.29, 1.82) is 0 Å². The van der Waals surface area contributed by atoms with Gasteiger partial charge in [-0.2, -0.15) is 0 Å². The topological polar surface area (TPSA) is 95.3 Å². The van der Waals surface area contributed by atoms with Gasteiger partial charge in [-0.3, -0.25) is 4.79 Å². The van der Waals surface area contributed by atoms with Gasteiger partial charge in [0.05, 0.1) is 17.0 Å². The summed E-state index contributed by atoms with van der Waals surface area (Å²) in [7, 11) is 0. The van der Waals surface area contributed by atoms with Crippen LogP contribution in [0.15, 0.2) is 28.8 Å². The summed E-state index contributed by atoms with van der Waals surface area (Å²) in [5.74, 6) is -1.55. The van der Waals surface area contributed by atoms with Crippen molar-refractivity contribution < 1.29 is 19.2 Å². The third-order valence-corrected chi connectivity index (χ3v) is 3.85. The number of hydrogen-bond donors (Lipinski definition) is 1. The molecule has 2 rings (SSSR count). The van der Waals surface area contributed by atoms with Crippen molar-refractivity contribution >= 4 is 23.5 Å². The van der Waals surface area contributed by atoms with Crippen molar-refractivity contribution in [3.05, 3.63) is 40.6 Å². The molecule has 24 heavy (non-hydrogen) atoms. The molecule has 1 atom stereocenters. The summed E-state index contributed by atoms with van der Waals surface area (Å²) in [6, 6.07) is 5.81. The van der Waals surface area contributed by atoms with Gasteiger partial charge in [-0.15, -0.1) is 0 Å². The molecule has 0 aliphatic rings. The highest BCUT2D eigenvalue weighted by molar-refractivity contribution is 6.33. The first-order valence-corrected chi connectivity index (χ1v) is 7.92. The molecule has 1 heterocycles. The Kier molecular flexibility index (Phi) is 5.62. The lowest BCUT2D eigenvalue weighted by Crippen LogP contribution is -2.48. The highest BCUT2D eigenvalue weighted by Gasteiger charge is 2.25. The van der Waals surface area contributed by atoms with Crippen LogP contribution in [-0.2, 0) is 4.79 Å². The van der Waals surface area contributed by atoms with Gasteiger partial charge in [0, 0.05) is 5.56 Å². The summed E-state index contributed by atoms with van der Waals surface area (Å²) in [6.07, 6.45) is 0.264. The lowest BCUT2D eigenvalue weighted by molar-refractivity contribution is -0.308. The average Bonchev–Trinajstić information content (AvgIpc) is 2.88. The number of nitrogens with zero attached hydrogens (tertiary/aromatic N) is 1. The number of benzene rings is 1. The third kappa shape index (κ3) is 3.94. The average molecular weight is 350 g/mol. The molecule has 0 spiro atoms. The summed E-state index contributed by atoms with van der Waals surface area (Å²) < 4.78 is 5.12. The van der Waals surface area contributed by atoms with Crippen molar-refractivity contribution in [1.82, 2.24) is 10.5 Å². The molecule has 6 nitrogen and oxygen atoms in total. The SMILES string of the molecule is Cc1onc(-c2ccccc2Cl)c1C(=O)NC(CC(C)C)C(=O)[O-]. The molecule has 0 saturated heterocycles. The van der Waals surface area contributed by atoms with Crippen LogP contribution in [0.1, 0.15) is 36.4 Å². The molecule has 1 unspecified atom stereocenters. The minimum absolute atomic E-state index is 0.0832. The van der Waals surface area contributed by atoms with E-state index in [4.69, 9.17) is 16.1 Å². The molecule has 1 N–H and O–H groups in total. The molecule has 1 aromatic heterocycles. The summed E-state index contributed by atoms with van der Waals surface area (Å²) in [4.78, 5) is 23.8. The highest BCUT2D eigenvalue weighted by Crippen LogP contribution is 2.31. The first-order valence-electron chi connectivity index (χ1n) is 7.54. The van der Waals surface area contributed by atoms with Gasteiger partial charge < -0.3 is 19.7 Å². The predicted octanol–water partition coefficient (Wildman–Crippen LogP) is 2.20. The largest absolute Gasteiger partial charge is 0.548 e. The molecule has 7 heteroatoms. The maximum atomic E-state index is 12.6. The Hall–Kier alpha value is -2.34. The van der Waals surface area contributed by atoms with Crippen LogP contribution < -0.4 is 10.4 Å². The van der Waals surface area contributed by atoms with E-state index in [1.165, 1.54) is 0 Å². The zero-order chi connectivity index (χ0) is 17.9. The molecule has 0 bridgehead atoms. The van der Waals surface area contributed by atoms with Crippen molar-refractivity contribution in [2.45, 2.75) is 33.2 Å². The van der Waals surface area contributed by atoms with Crippen LogP contribution >= 0.6 is 11.6 Å². The van der Waals surface area contributed by atoms with Gasteiger partial charge in [-0.05, 0) is 25.3 Å². The molecule has 0 fully saturated rings. The number of rotatable bonds is 6. The number of hydrogen-bond acceptors (Lipinski definition) is 5. The fourth-order valence-corrected chi connectivity index (χ4v) is 2.62. The maximum absolute atomic E-state index is 12.6. The van der Waals surface area contributed by atoms with Crippen LogP contribution in [0.5, 0.6) is 0 Å². The molecular formula is C17H18ClN2O4-. The third-order valence-electron chi connectivity index (χ3n) is 3.52. The quantitative estimate of drug-likeness (QED) is 0.862. The van der Waals surface area contributed by atoms with E-state index in [9.17, 15) is 14.7 Å². The number of carbonyl (C=O) groups is 2. The van der Waals surface area contributed by atoms with E-state index < -0.39 is 17.9 Å². The Labute approximate surface area is 144 Å². The number of aromatic nitrogens is 1. The molecule has 0 aliphatic heterocycles. The fraction of sp³-hybridized carbons (Fsp3) is 0.353. The van der Waals surface area contributed by atoms with Crippen LogP contribution in [-0.4, -0.2) is 23.1 Å². The van der Waals surface area contributed by atoms with Crippen molar-refractivity contribution in [3.8, 4) is 11.3 Å². The molecule has 1 amide bonds. The first kappa shape index (κ1) is 18.0. The number of halogens is 1. The zero-order valence-electron chi connectivity index (χ0n) is 13.6. The molecule has 0 saturated carbocycles. The normalized spacial score (nSPS) is 12.2. The molecule has 0 aliphatic carbocycles. The minimum Gasteiger partial charge on any atom is -0.548 e. The maximum Gasteiger partial charge on any atom is 0.257 e.